The number of aldehydes is 1. The maximum absolute atomic E-state index is 10.8. The lowest BCUT2D eigenvalue weighted by Gasteiger charge is -2.41. The first-order chi connectivity index (χ1) is 14.2. The summed E-state index contributed by atoms with van der Waals surface area (Å²) in [5.74, 6) is 0. The zero-order valence-electron chi connectivity index (χ0n) is 15.7. The Morgan fingerprint density at radius 2 is 1.43 bits per heavy atom. The minimum absolute atomic E-state index is 0.0380. The lowest BCUT2D eigenvalue weighted by atomic mass is 9.99. The van der Waals surface area contributed by atoms with Gasteiger partial charge >= 0.3 is 0 Å². The number of ether oxygens (including phenoxy) is 4. The summed E-state index contributed by atoms with van der Waals surface area (Å²) >= 11 is 0. The lowest BCUT2D eigenvalue weighted by molar-refractivity contribution is -0.318. The van der Waals surface area contributed by atoms with E-state index in [1.807, 2.05) is 0 Å². The van der Waals surface area contributed by atoms with Crippen LogP contribution < -0.4 is 0 Å². The Bertz CT molecular complexity index is 534. The summed E-state index contributed by atoms with van der Waals surface area (Å²) in [4.78, 5) is 10.8. The molecule has 0 spiro atoms. The lowest BCUT2D eigenvalue weighted by Crippen LogP contribution is -2.60. The number of carbonyl (C=O) groups is 1. The molecule has 12 atom stereocenters. The SMILES string of the molecule is O=CC(O)C(OC1OC(CO)C(OC2OC(CO)C(O)C(O)C2O)C1O)C(O)CO. The molecule has 9 N–H and O–H groups in total. The van der Waals surface area contributed by atoms with Gasteiger partial charge in [0.2, 0.25) is 0 Å². The van der Waals surface area contributed by atoms with Crippen molar-refractivity contribution in [2.45, 2.75) is 73.6 Å². The minimum atomic E-state index is -1.87. The molecule has 2 aliphatic heterocycles. The monoisotopic (exact) mass is 444 g/mol. The van der Waals surface area contributed by atoms with Gasteiger partial charge in [0.15, 0.2) is 18.9 Å². The van der Waals surface area contributed by atoms with Crippen LogP contribution in [0.2, 0.25) is 0 Å². The first kappa shape index (κ1) is 25.4. The van der Waals surface area contributed by atoms with Gasteiger partial charge in [-0.25, -0.2) is 0 Å². The van der Waals surface area contributed by atoms with E-state index < -0.39 is 93.4 Å². The molecule has 2 fully saturated rings. The smallest absolute Gasteiger partial charge is 0.187 e. The van der Waals surface area contributed by atoms with Gasteiger partial charge in [0, 0.05) is 0 Å². The molecular weight excluding hydrogens is 416 g/mol. The summed E-state index contributed by atoms with van der Waals surface area (Å²) in [7, 11) is 0. The number of hydrogen-bond donors (Lipinski definition) is 9. The van der Waals surface area contributed by atoms with E-state index in [0.717, 1.165) is 0 Å². The molecule has 14 nitrogen and oxygen atoms in total. The molecule has 2 heterocycles. The predicted molar refractivity (Wildman–Crippen MR) is 90.4 cm³/mol. The van der Waals surface area contributed by atoms with Gasteiger partial charge in [0.05, 0.1) is 19.8 Å². The molecule has 2 rings (SSSR count). The molecule has 0 amide bonds. The zero-order chi connectivity index (χ0) is 22.6. The van der Waals surface area contributed by atoms with Gasteiger partial charge in [-0.3, -0.25) is 0 Å². The van der Waals surface area contributed by atoms with E-state index >= 15 is 0 Å². The fraction of sp³-hybridized carbons (Fsp3) is 0.938. The van der Waals surface area contributed by atoms with Crippen molar-refractivity contribution < 1.29 is 69.7 Å². The number of aliphatic hydroxyl groups is 9. The second-order valence-electron chi connectivity index (χ2n) is 6.99. The van der Waals surface area contributed by atoms with E-state index in [-0.39, 0.29) is 6.29 Å². The van der Waals surface area contributed by atoms with Crippen LogP contribution in [0.1, 0.15) is 0 Å². The van der Waals surface area contributed by atoms with Crippen LogP contribution in [0.5, 0.6) is 0 Å². The molecule has 0 aromatic carbocycles. The largest absolute Gasteiger partial charge is 0.394 e. The third-order valence-corrected chi connectivity index (χ3v) is 4.94. The molecule has 12 unspecified atom stereocenters. The van der Waals surface area contributed by atoms with Crippen LogP contribution in [-0.4, -0.2) is 146 Å². The van der Waals surface area contributed by atoms with Crippen molar-refractivity contribution in [3.8, 4) is 0 Å². The Hall–Kier alpha value is -0.850. The number of carbonyl (C=O) groups excluding carboxylic acids is 1. The highest BCUT2D eigenvalue weighted by molar-refractivity contribution is 5.56. The number of rotatable bonds is 10. The van der Waals surface area contributed by atoms with Crippen LogP contribution >= 0.6 is 0 Å². The molecule has 0 aromatic heterocycles. The zero-order valence-corrected chi connectivity index (χ0v) is 15.7. The first-order valence-corrected chi connectivity index (χ1v) is 9.18. The molecular formula is C16H28O14. The first-order valence-electron chi connectivity index (χ1n) is 9.18. The molecule has 2 saturated heterocycles. The van der Waals surface area contributed by atoms with E-state index in [9.17, 15) is 45.6 Å². The van der Waals surface area contributed by atoms with Crippen molar-refractivity contribution in [2.75, 3.05) is 19.8 Å². The van der Waals surface area contributed by atoms with Gasteiger partial charge in [-0.1, -0.05) is 0 Å². The van der Waals surface area contributed by atoms with Crippen LogP contribution in [0.25, 0.3) is 0 Å². The van der Waals surface area contributed by atoms with Crippen molar-refractivity contribution >= 4 is 6.29 Å². The fourth-order valence-electron chi connectivity index (χ4n) is 3.20. The molecule has 0 bridgehead atoms. The Morgan fingerprint density at radius 1 is 0.833 bits per heavy atom. The van der Waals surface area contributed by atoms with Gasteiger partial charge in [-0.05, 0) is 0 Å². The number of hydrogen-bond acceptors (Lipinski definition) is 14. The van der Waals surface area contributed by atoms with Gasteiger partial charge in [-0.15, -0.1) is 0 Å². The van der Waals surface area contributed by atoms with Crippen LogP contribution in [0.4, 0.5) is 0 Å². The third-order valence-electron chi connectivity index (χ3n) is 4.94. The average molecular weight is 444 g/mol. The van der Waals surface area contributed by atoms with Crippen molar-refractivity contribution in [1.29, 1.82) is 0 Å². The second kappa shape index (κ2) is 11.1. The van der Waals surface area contributed by atoms with Crippen LogP contribution in [0, 0.1) is 0 Å². The van der Waals surface area contributed by atoms with Crippen molar-refractivity contribution in [1.82, 2.24) is 0 Å². The van der Waals surface area contributed by atoms with E-state index in [1.54, 1.807) is 0 Å². The summed E-state index contributed by atoms with van der Waals surface area (Å²) in [5, 5.41) is 87.3. The quantitative estimate of drug-likeness (QED) is 0.143. The Kier molecular flexibility index (Phi) is 9.44. The maximum atomic E-state index is 10.8. The summed E-state index contributed by atoms with van der Waals surface area (Å²) in [6.45, 7) is -2.32. The molecule has 0 radical (unpaired) electrons. The Morgan fingerprint density at radius 3 is 1.97 bits per heavy atom. The van der Waals surface area contributed by atoms with Gasteiger partial charge in [0.25, 0.3) is 0 Å². The topological polar surface area (TPSA) is 236 Å². The van der Waals surface area contributed by atoms with E-state index in [2.05, 4.69) is 0 Å². The van der Waals surface area contributed by atoms with Crippen molar-refractivity contribution in [3.05, 3.63) is 0 Å². The minimum Gasteiger partial charge on any atom is -0.394 e. The van der Waals surface area contributed by atoms with Gasteiger partial charge in [0.1, 0.15) is 61.0 Å². The molecule has 2 aliphatic rings. The normalized spacial score (nSPS) is 42.6. The third kappa shape index (κ3) is 5.31. The van der Waals surface area contributed by atoms with Crippen molar-refractivity contribution in [3.63, 3.8) is 0 Å². The van der Waals surface area contributed by atoms with Gasteiger partial charge in [-0.2, -0.15) is 0 Å². The predicted octanol–water partition coefficient (Wildman–Crippen LogP) is -6.45. The molecule has 0 aliphatic carbocycles. The highest BCUT2D eigenvalue weighted by atomic mass is 16.8. The average Bonchev–Trinajstić information content (AvgIpc) is 3.05. The molecule has 30 heavy (non-hydrogen) atoms. The second-order valence-corrected chi connectivity index (χ2v) is 6.99. The molecule has 0 saturated carbocycles. The molecule has 14 heteroatoms. The Balaban J connectivity index is 2.12. The summed E-state index contributed by atoms with van der Waals surface area (Å²) < 4.78 is 21.1. The van der Waals surface area contributed by atoms with E-state index in [1.165, 1.54) is 0 Å². The maximum Gasteiger partial charge on any atom is 0.187 e. The highest BCUT2D eigenvalue weighted by Gasteiger charge is 2.51. The summed E-state index contributed by atoms with van der Waals surface area (Å²) in [6, 6.07) is 0. The number of aliphatic hydroxyl groups excluding tert-OH is 9. The van der Waals surface area contributed by atoms with Crippen LogP contribution in [-0.2, 0) is 23.7 Å². The summed E-state index contributed by atoms with van der Waals surface area (Å²) in [5.41, 5.74) is 0. The Labute approximate surface area is 170 Å². The highest BCUT2D eigenvalue weighted by Crippen LogP contribution is 2.31. The molecule has 0 aromatic rings. The standard InChI is InChI=1S/C16H28O14/c17-1-5(21)13(6(22)2-18)29-16-12(26)14(8(4-20)28-16)30-15-11(25)10(24)9(23)7(3-19)27-15/h1,5-16,18-26H,2-4H2. The van der Waals surface area contributed by atoms with E-state index in [0.29, 0.717) is 0 Å². The fourth-order valence-corrected chi connectivity index (χ4v) is 3.20. The summed E-state index contributed by atoms with van der Waals surface area (Å²) in [6.07, 6.45) is -19.4. The van der Waals surface area contributed by atoms with E-state index in [4.69, 9.17) is 24.1 Å². The van der Waals surface area contributed by atoms with Crippen LogP contribution in [0.3, 0.4) is 0 Å². The molecule has 176 valence electrons. The van der Waals surface area contributed by atoms with Crippen LogP contribution in [0.15, 0.2) is 0 Å². The van der Waals surface area contributed by atoms with Crippen molar-refractivity contribution in [2.24, 2.45) is 0 Å². The van der Waals surface area contributed by atoms with Gasteiger partial charge < -0.3 is 69.7 Å².